The molecule has 7 nitrogen and oxygen atoms in total. The molecule has 0 aromatic heterocycles. The van der Waals surface area contributed by atoms with E-state index in [1.807, 2.05) is 42.5 Å². The zero-order valence-corrected chi connectivity index (χ0v) is 20.0. The lowest BCUT2D eigenvalue weighted by atomic mass is 9.84. The van der Waals surface area contributed by atoms with Gasteiger partial charge in [0.15, 0.2) is 0 Å². The van der Waals surface area contributed by atoms with Crippen molar-refractivity contribution in [2.45, 2.75) is 19.1 Å². The molecule has 182 valence electrons. The van der Waals surface area contributed by atoms with Crippen molar-refractivity contribution < 1.29 is 24.6 Å². The molecule has 2 amide bonds. The number of ether oxygens (including phenoxy) is 1. The van der Waals surface area contributed by atoms with Crippen LogP contribution in [0.2, 0.25) is 5.02 Å². The molecule has 0 bridgehead atoms. The van der Waals surface area contributed by atoms with Crippen molar-refractivity contribution in [3.05, 3.63) is 95.0 Å². The Morgan fingerprint density at radius 2 is 1.66 bits per heavy atom. The lowest BCUT2D eigenvalue weighted by Crippen LogP contribution is -2.47. The summed E-state index contributed by atoms with van der Waals surface area (Å²) >= 11 is 6.05. The van der Waals surface area contributed by atoms with E-state index in [0.717, 1.165) is 11.1 Å². The van der Waals surface area contributed by atoms with Crippen molar-refractivity contribution in [1.29, 1.82) is 0 Å². The number of rotatable bonds is 7. The molecule has 8 heteroatoms. The number of halogens is 1. The summed E-state index contributed by atoms with van der Waals surface area (Å²) in [6, 6.07) is 23.5. The topological polar surface area (TPSA) is 99.1 Å². The highest BCUT2D eigenvalue weighted by Crippen LogP contribution is 2.34. The molecular weight excluding hydrogens is 468 g/mol. The van der Waals surface area contributed by atoms with Gasteiger partial charge in [-0.05, 0) is 35.4 Å². The van der Waals surface area contributed by atoms with Crippen LogP contribution in [0, 0.1) is 5.41 Å². The molecular formula is C27H27ClN2O5. The highest BCUT2D eigenvalue weighted by molar-refractivity contribution is 6.33. The molecule has 0 spiro atoms. The van der Waals surface area contributed by atoms with Crippen molar-refractivity contribution in [2.75, 3.05) is 19.7 Å². The van der Waals surface area contributed by atoms with Gasteiger partial charge in [-0.25, -0.2) is 5.06 Å². The number of nitrogens with zero attached hydrogens (tertiary/aromatic N) is 1. The van der Waals surface area contributed by atoms with E-state index >= 15 is 0 Å². The summed E-state index contributed by atoms with van der Waals surface area (Å²) in [5.41, 5.74) is 1.79. The first-order valence-corrected chi connectivity index (χ1v) is 11.6. The molecule has 1 aliphatic heterocycles. The van der Waals surface area contributed by atoms with Gasteiger partial charge < -0.3 is 15.2 Å². The van der Waals surface area contributed by atoms with Gasteiger partial charge in [-0.15, -0.1) is 0 Å². The van der Waals surface area contributed by atoms with E-state index in [4.69, 9.17) is 16.3 Å². The van der Waals surface area contributed by atoms with E-state index in [0.29, 0.717) is 10.6 Å². The zero-order valence-electron chi connectivity index (χ0n) is 19.2. The lowest BCUT2D eigenvalue weighted by molar-refractivity contribution is -0.0940. The van der Waals surface area contributed by atoms with E-state index in [9.17, 15) is 19.9 Å². The summed E-state index contributed by atoms with van der Waals surface area (Å²) in [4.78, 5) is 25.2. The van der Waals surface area contributed by atoms with Crippen LogP contribution in [0.3, 0.4) is 0 Å². The number of benzene rings is 3. The molecule has 0 unspecified atom stereocenters. The summed E-state index contributed by atoms with van der Waals surface area (Å²) in [7, 11) is 0. The molecule has 3 atom stereocenters. The van der Waals surface area contributed by atoms with E-state index in [1.165, 1.54) is 6.07 Å². The Morgan fingerprint density at radius 3 is 2.34 bits per heavy atom. The van der Waals surface area contributed by atoms with Crippen LogP contribution in [-0.4, -0.2) is 59.1 Å². The summed E-state index contributed by atoms with van der Waals surface area (Å²) in [6.07, 6.45) is -1.70. The Labute approximate surface area is 208 Å². The average Bonchev–Trinajstić information content (AvgIpc) is 3.16. The van der Waals surface area contributed by atoms with E-state index < -0.39 is 23.5 Å². The van der Waals surface area contributed by atoms with E-state index in [1.54, 1.807) is 37.3 Å². The SMILES string of the molecule is C[C@@]1(CN(O)C(=O)c2ccccc2Cl)CO[C@H](CNC(=O)c2ccc(-c3ccccc3)cc2)[C@H]1O. The van der Waals surface area contributed by atoms with Crippen molar-refractivity contribution in [3.8, 4) is 11.1 Å². The standard InChI is InChI=1S/C27H27ClN2O5/c1-27(16-30(34)26(33)21-9-5-6-10-22(21)28)17-35-23(24(27)31)15-29-25(32)20-13-11-19(12-14-20)18-7-3-2-4-8-18/h2-14,23-24,31,34H,15-17H2,1H3,(H,29,32)/t23-,24-,27-/m1/s1. The third-order valence-corrected chi connectivity index (χ3v) is 6.59. The van der Waals surface area contributed by atoms with Gasteiger partial charge in [0.1, 0.15) is 6.10 Å². The van der Waals surface area contributed by atoms with Gasteiger partial charge in [0.05, 0.1) is 29.8 Å². The van der Waals surface area contributed by atoms with Crippen LogP contribution < -0.4 is 5.32 Å². The van der Waals surface area contributed by atoms with Crippen molar-refractivity contribution >= 4 is 23.4 Å². The fourth-order valence-corrected chi connectivity index (χ4v) is 4.38. The van der Waals surface area contributed by atoms with Crippen LogP contribution in [0.25, 0.3) is 11.1 Å². The fraction of sp³-hybridized carbons (Fsp3) is 0.259. The number of hydroxylamine groups is 2. The second kappa shape index (κ2) is 10.6. The minimum Gasteiger partial charge on any atom is -0.390 e. The van der Waals surface area contributed by atoms with Crippen LogP contribution in [0.4, 0.5) is 0 Å². The molecule has 0 radical (unpaired) electrons. The summed E-state index contributed by atoms with van der Waals surface area (Å²) in [5.74, 6) is -0.952. The molecule has 1 heterocycles. The van der Waals surface area contributed by atoms with Crippen LogP contribution in [0.15, 0.2) is 78.9 Å². The second-order valence-corrected chi connectivity index (χ2v) is 9.35. The Morgan fingerprint density at radius 1 is 1.03 bits per heavy atom. The predicted molar refractivity (Wildman–Crippen MR) is 132 cm³/mol. The molecule has 1 saturated heterocycles. The summed E-state index contributed by atoms with van der Waals surface area (Å²) in [5, 5.41) is 24.8. The monoisotopic (exact) mass is 494 g/mol. The highest BCUT2D eigenvalue weighted by Gasteiger charge is 2.47. The number of carbonyl (C=O) groups is 2. The molecule has 3 aromatic carbocycles. The number of carbonyl (C=O) groups excluding carboxylic acids is 2. The van der Waals surface area contributed by atoms with Gasteiger partial charge in [0, 0.05) is 17.5 Å². The van der Waals surface area contributed by atoms with Gasteiger partial charge in [0.25, 0.3) is 11.8 Å². The first kappa shape index (κ1) is 24.9. The molecule has 1 fully saturated rings. The van der Waals surface area contributed by atoms with Crippen LogP contribution in [0.1, 0.15) is 27.6 Å². The van der Waals surface area contributed by atoms with Gasteiger partial charge >= 0.3 is 0 Å². The number of amides is 2. The Hall–Kier alpha value is -3.23. The smallest absolute Gasteiger partial charge is 0.278 e. The molecule has 4 rings (SSSR count). The van der Waals surface area contributed by atoms with E-state index in [2.05, 4.69) is 5.32 Å². The van der Waals surface area contributed by atoms with Crippen LogP contribution in [-0.2, 0) is 4.74 Å². The number of aliphatic hydroxyl groups excluding tert-OH is 1. The van der Waals surface area contributed by atoms with Crippen molar-refractivity contribution in [1.82, 2.24) is 10.4 Å². The van der Waals surface area contributed by atoms with Gasteiger partial charge in [-0.2, -0.15) is 0 Å². The second-order valence-electron chi connectivity index (χ2n) is 8.94. The molecule has 35 heavy (non-hydrogen) atoms. The van der Waals surface area contributed by atoms with Crippen molar-refractivity contribution in [2.24, 2.45) is 5.41 Å². The summed E-state index contributed by atoms with van der Waals surface area (Å²) in [6.45, 7) is 1.74. The van der Waals surface area contributed by atoms with Gasteiger partial charge in [0.2, 0.25) is 0 Å². The first-order chi connectivity index (χ1) is 16.8. The molecule has 3 aromatic rings. The van der Waals surface area contributed by atoms with Gasteiger partial charge in [-0.1, -0.05) is 73.1 Å². The lowest BCUT2D eigenvalue weighted by Gasteiger charge is -2.31. The van der Waals surface area contributed by atoms with Gasteiger partial charge in [-0.3, -0.25) is 14.8 Å². The molecule has 3 N–H and O–H groups in total. The average molecular weight is 495 g/mol. The molecule has 1 aliphatic rings. The molecule has 0 saturated carbocycles. The normalized spacial score (nSPS) is 21.5. The quantitative estimate of drug-likeness (QED) is 0.340. The minimum atomic E-state index is -1.02. The largest absolute Gasteiger partial charge is 0.390 e. The minimum absolute atomic E-state index is 0.0832. The molecule has 0 aliphatic carbocycles. The third-order valence-electron chi connectivity index (χ3n) is 6.26. The predicted octanol–water partition coefficient (Wildman–Crippen LogP) is 4.03. The maximum atomic E-state index is 12.6. The Bertz CT molecular complexity index is 1190. The maximum Gasteiger partial charge on any atom is 0.278 e. The number of hydrogen-bond acceptors (Lipinski definition) is 5. The number of hydrogen-bond donors (Lipinski definition) is 3. The number of nitrogens with one attached hydrogen (secondary N) is 1. The fourth-order valence-electron chi connectivity index (χ4n) is 4.16. The Kier molecular flexibility index (Phi) is 7.52. The first-order valence-electron chi connectivity index (χ1n) is 11.3. The summed E-state index contributed by atoms with van der Waals surface area (Å²) < 4.78 is 5.71. The van der Waals surface area contributed by atoms with Crippen LogP contribution >= 0.6 is 11.6 Å². The third kappa shape index (κ3) is 5.55. The maximum absolute atomic E-state index is 12.6. The Balaban J connectivity index is 1.33. The number of aliphatic hydroxyl groups is 1. The van der Waals surface area contributed by atoms with Crippen LogP contribution in [0.5, 0.6) is 0 Å². The highest BCUT2D eigenvalue weighted by atomic mass is 35.5. The van der Waals surface area contributed by atoms with Crippen molar-refractivity contribution in [3.63, 3.8) is 0 Å². The van der Waals surface area contributed by atoms with E-state index in [-0.39, 0.29) is 36.2 Å². The zero-order chi connectivity index (χ0) is 25.0.